The molecule has 0 spiro atoms. The monoisotopic (exact) mass is 530 g/mol. The fourth-order valence-electron chi connectivity index (χ4n) is 5.36. The number of fused-ring (bicyclic) bond motifs is 3. The summed E-state index contributed by atoms with van der Waals surface area (Å²) < 4.78 is 21.4. The molecule has 8 heteroatoms. The van der Waals surface area contributed by atoms with E-state index in [2.05, 4.69) is 23.0 Å². The Hall–Kier alpha value is -5.50. The van der Waals surface area contributed by atoms with E-state index < -0.39 is 29.3 Å². The second kappa shape index (κ2) is 8.25. The van der Waals surface area contributed by atoms with Crippen LogP contribution in [0.2, 0.25) is 0 Å². The standard InChI is InChI=1S/C32H18O8/c1-16-22-9-6-21(38-20-8-11-24-26(14-20)31(36)40-29(24)34)15-27(22)32(16,2)17-4-3-5-18(12-17)37-19-7-10-23-25(13-19)30(35)39-28(23)33/h3-15H,1H2,2H3. The minimum absolute atomic E-state index is 0.173. The largest absolute Gasteiger partial charge is 0.457 e. The van der Waals surface area contributed by atoms with Gasteiger partial charge in [0.05, 0.1) is 22.3 Å². The number of rotatable bonds is 5. The average Bonchev–Trinajstić information content (AvgIpc) is 3.40. The van der Waals surface area contributed by atoms with E-state index >= 15 is 0 Å². The molecule has 0 saturated heterocycles. The fourth-order valence-corrected chi connectivity index (χ4v) is 5.36. The number of carbonyl (C=O) groups excluding carboxylic acids is 4. The molecule has 0 amide bonds. The number of benzene rings is 4. The third-order valence-electron chi connectivity index (χ3n) is 7.57. The van der Waals surface area contributed by atoms with E-state index in [4.69, 9.17) is 9.47 Å². The van der Waals surface area contributed by atoms with Crippen LogP contribution in [0.15, 0.2) is 85.4 Å². The van der Waals surface area contributed by atoms with Gasteiger partial charge in [-0.15, -0.1) is 0 Å². The van der Waals surface area contributed by atoms with Crippen molar-refractivity contribution in [2.45, 2.75) is 12.3 Å². The summed E-state index contributed by atoms with van der Waals surface area (Å²) in [6, 6.07) is 22.5. The normalized spacial score (nSPS) is 18.4. The van der Waals surface area contributed by atoms with Crippen molar-refractivity contribution < 1.29 is 38.1 Å². The minimum atomic E-state index is -0.694. The van der Waals surface area contributed by atoms with E-state index in [0.29, 0.717) is 23.0 Å². The summed E-state index contributed by atoms with van der Waals surface area (Å²) >= 11 is 0. The molecule has 2 heterocycles. The predicted octanol–water partition coefficient (Wildman–Crippen LogP) is 6.23. The van der Waals surface area contributed by atoms with Gasteiger partial charge in [0.2, 0.25) is 0 Å². The van der Waals surface area contributed by atoms with Crippen LogP contribution in [0.5, 0.6) is 23.0 Å². The summed E-state index contributed by atoms with van der Waals surface area (Å²) in [4.78, 5) is 47.3. The molecule has 3 aliphatic rings. The third kappa shape index (κ3) is 3.39. The molecule has 194 valence electrons. The molecular formula is C32H18O8. The van der Waals surface area contributed by atoms with Crippen LogP contribution in [-0.2, 0) is 14.9 Å². The van der Waals surface area contributed by atoms with Crippen molar-refractivity contribution in [1.29, 1.82) is 0 Å². The summed E-state index contributed by atoms with van der Waals surface area (Å²) in [5.41, 5.74) is 4.13. The molecule has 2 aliphatic heterocycles. The Balaban J connectivity index is 1.17. The molecule has 7 rings (SSSR count). The highest BCUT2D eigenvalue weighted by Gasteiger charge is 2.44. The molecule has 40 heavy (non-hydrogen) atoms. The Bertz CT molecular complexity index is 1870. The Morgan fingerprint density at radius 2 is 1.05 bits per heavy atom. The van der Waals surface area contributed by atoms with E-state index in [1.807, 2.05) is 36.4 Å². The van der Waals surface area contributed by atoms with Crippen LogP contribution < -0.4 is 9.47 Å². The van der Waals surface area contributed by atoms with E-state index in [1.54, 1.807) is 18.2 Å². The third-order valence-corrected chi connectivity index (χ3v) is 7.57. The molecule has 0 radical (unpaired) electrons. The predicted molar refractivity (Wildman–Crippen MR) is 141 cm³/mol. The van der Waals surface area contributed by atoms with Crippen molar-refractivity contribution in [2.24, 2.45) is 0 Å². The van der Waals surface area contributed by atoms with Gasteiger partial charge in [-0.3, -0.25) is 0 Å². The summed E-state index contributed by atoms with van der Waals surface area (Å²) in [5.74, 6) is -0.812. The van der Waals surface area contributed by atoms with Crippen molar-refractivity contribution in [1.82, 2.24) is 0 Å². The average molecular weight is 530 g/mol. The van der Waals surface area contributed by atoms with Gasteiger partial charge in [-0.1, -0.05) is 24.8 Å². The zero-order chi connectivity index (χ0) is 27.8. The van der Waals surface area contributed by atoms with Gasteiger partial charge >= 0.3 is 23.9 Å². The van der Waals surface area contributed by atoms with Gasteiger partial charge in [0.15, 0.2) is 0 Å². The first-order valence-electron chi connectivity index (χ1n) is 12.3. The van der Waals surface area contributed by atoms with Gasteiger partial charge in [0.1, 0.15) is 23.0 Å². The minimum Gasteiger partial charge on any atom is -0.457 e. The number of hydrogen-bond acceptors (Lipinski definition) is 8. The van der Waals surface area contributed by atoms with E-state index in [-0.39, 0.29) is 22.3 Å². The van der Waals surface area contributed by atoms with Crippen molar-refractivity contribution in [3.8, 4) is 23.0 Å². The highest BCUT2D eigenvalue weighted by molar-refractivity contribution is 6.15. The molecule has 0 fully saturated rings. The first-order chi connectivity index (χ1) is 19.2. The molecule has 4 aromatic rings. The Morgan fingerprint density at radius 3 is 1.62 bits per heavy atom. The first kappa shape index (κ1) is 23.6. The van der Waals surface area contributed by atoms with Crippen LogP contribution in [0.4, 0.5) is 0 Å². The maximum Gasteiger partial charge on any atom is 0.347 e. The second-order valence-corrected chi connectivity index (χ2v) is 9.81. The zero-order valence-electron chi connectivity index (χ0n) is 21.0. The van der Waals surface area contributed by atoms with Crippen LogP contribution in [0, 0.1) is 0 Å². The fraction of sp³-hybridized carbons (Fsp3) is 0.0625. The smallest absolute Gasteiger partial charge is 0.347 e. The molecule has 1 atom stereocenters. The van der Waals surface area contributed by atoms with Crippen LogP contribution in [0.25, 0.3) is 5.57 Å². The van der Waals surface area contributed by atoms with Gasteiger partial charge in [-0.05, 0) is 89.9 Å². The summed E-state index contributed by atoms with van der Waals surface area (Å²) in [7, 11) is 0. The number of carbonyl (C=O) groups is 4. The molecule has 1 unspecified atom stereocenters. The Kier molecular flexibility index (Phi) is 4.87. The van der Waals surface area contributed by atoms with Crippen LogP contribution >= 0.6 is 0 Å². The van der Waals surface area contributed by atoms with Crippen molar-refractivity contribution in [2.75, 3.05) is 0 Å². The van der Waals surface area contributed by atoms with Crippen LogP contribution in [0.1, 0.15) is 65.0 Å². The molecule has 0 aromatic heterocycles. The zero-order valence-corrected chi connectivity index (χ0v) is 21.0. The van der Waals surface area contributed by atoms with Crippen molar-refractivity contribution in [3.05, 3.63) is 124 Å². The second-order valence-electron chi connectivity index (χ2n) is 9.81. The molecular weight excluding hydrogens is 512 g/mol. The highest BCUT2D eigenvalue weighted by atomic mass is 16.6. The summed E-state index contributed by atoms with van der Waals surface area (Å²) in [5, 5.41) is 0. The summed E-state index contributed by atoms with van der Waals surface area (Å²) in [6.45, 7) is 6.38. The van der Waals surface area contributed by atoms with E-state index in [9.17, 15) is 19.2 Å². The van der Waals surface area contributed by atoms with Crippen molar-refractivity contribution in [3.63, 3.8) is 0 Å². The lowest BCUT2D eigenvalue weighted by Crippen LogP contribution is -2.35. The van der Waals surface area contributed by atoms with Crippen LogP contribution in [-0.4, -0.2) is 23.9 Å². The van der Waals surface area contributed by atoms with E-state index in [1.165, 1.54) is 24.3 Å². The quantitative estimate of drug-likeness (QED) is 0.221. The number of allylic oxidation sites excluding steroid dienone is 1. The van der Waals surface area contributed by atoms with Gasteiger partial charge < -0.3 is 18.9 Å². The number of ether oxygens (including phenoxy) is 4. The van der Waals surface area contributed by atoms with Gasteiger partial charge in [-0.25, -0.2) is 19.2 Å². The molecule has 8 nitrogen and oxygen atoms in total. The maximum atomic E-state index is 11.9. The van der Waals surface area contributed by atoms with Gasteiger partial charge in [0.25, 0.3) is 0 Å². The first-order valence-corrected chi connectivity index (χ1v) is 12.3. The van der Waals surface area contributed by atoms with Gasteiger partial charge in [0, 0.05) is 5.41 Å². The lowest BCUT2D eigenvalue weighted by atomic mass is 9.58. The lowest BCUT2D eigenvalue weighted by molar-refractivity contribution is 0.0425. The van der Waals surface area contributed by atoms with Crippen molar-refractivity contribution >= 4 is 29.5 Å². The highest BCUT2D eigenvalue weighted by Crippen LogP contribution is 2.55. The SMILES string of the molecule is C=C1c2ccc(Oc3ccc4c(c3)C(=O)OC4=O)cc2C1(C)c1cccc(Oc2ccc3c(c2)C(=O)OC3=O)c1. The molecule has 1 aliphatic carbocycles. The van der Waals surface area contributed by atoms with Gasteiger partial charge in [-0.2, -0.15) is 0 Å². The number of cyclic esters (lactones) is 4. The Morgan fingerprint density at radius 1 is 0.575 bits per heavy atom. The maximum absolute atomic E-state index is 11.9. The molecule has 0 bridgehead atoms. The number of esters is 4. The van der Waals surface area contributed by atoms with Crippen LogP contribution in [0.3, 0.4) is 0 Å². The van der Waals surface area contributed by atoms with E-state index in [0.717, 1.165) is 22.3 Å². The lowest BCUT2D eigenvalue weighted by Gasteiger charge is -2.44. The summed E-state index contributed by atoms with van der Waals surface area (Å²) in [6.07, 6.45) is 0. The molecule has 0 N–H and O–H groups in total. The molecule has 0 saturated carbocycles. The Labute approximate surface area is 227 Å². The topological polar surface area (TPSA) is 105 Å². The number of hydrogen-bond donors (Lipinski definition) is 0. The molecule has 4 aromatic carbocycles.